The van der Waals surface area contributed by atoms with E-state index < -0.39 is 0 Å². The van der Waals surface area contributed by atoms with Crippen molar-refractivity contribution >= 4 is 5.91 Å². The summed E-state index contributed by atoms with van der Waals surface area (Å²) in [6.45, 7) is 8.71. The molecule has 5 heteroatoms. The van der Waals surface area contributed by atoms with E-state index in [0.29, 0.717) is 24.5 Å². The minimum absolute atomic E-state index is 0.379. The normalized spacial score (nSPS) is 32.6. The van der Waals surface area contributed by atoms with Gasteiger partial charge in [-0.2, -0.15) is 0 Å². The van der Waals surface area contributed by atoms with Gasteiger partial charge in [0.2, 0.25) is 5.91 Å². The van der Waals surface area contributed by atoms with E-state index >= 15 is 0 Å². The first-order chi connectivity index (χ1) is 11.7. The van der Waals surface area contributed by atoms with Gasteiger partial charge in [-0.3, -0.25) is 14.6 Å². The van der Waals surface area contributed by atoms with Gasteiger partial charge in [0, 0.05) is 51.9 Å². The van der Waals surface area contributed by atoms with E-state index in [2.05, 4.69) is 21.6 Å². The number of methoxy groups -OCH3 is 1. The number of likely N-dealkylation sites (tertiary alicyclic amines) is 1. The molecule has 0 aromatic carbocycles. The highest BCUT2D eigenvalue weighted by Gasteiger charge is 2.36. The molecule has 0 radical (unpaired) electrons. The molecule has 1 amide bonds. The van der Waals surface area contributed by atoms with Gasteiger partial charge in [0.05, 0.1) is 13.2 Å². The number of hydrogen-bond acceptors (Lipinski definition) is 4. The van der Waals surface area contributed by atoms with Crippen LogP contribution in [0.2, 0.25) is 0 Å². The molecule has 0 N–H and O–H groups in total. The molecule has 24 heavy (non-hydrogen) atoms. The van der Waals surface area contributed by atoms with Gasteiger partial charge in [-0.1, -0.05) is 12.8 Å². The Balaban J connectivity index is 1.50. The lowest BCUT2D eigenvalue weighted by atomic mass is 9.78. The predicted molar refractivity (Wildman–Crippen MR) is 96.0 cm³/mol. The van der Waals surface area contributed by atoms with Gasteiger partial charge in [0.15, 0.2) is 0 Å². The molecule has 0 bridgehead atoms. The van der Waals surface area contributed by atoms with Gasteiger partial charge >= 0.3 is 0 Å². The van der Waals surface area contributed by atoms with Gasteiger partial charge in [0.1, 0.15) is 0 Å². The van der Waals surface area contributed by atoms with Gasteiger partial charge < -0.3 is 9.64 Å². The van der Waals surface area contributed by atoms with Crippen LogP contribution in [-0.4, -0.2) is 85.7 Å². The first-order valence-corrected chi connectivity index (χ1v) is 9.94. The van der Waals surface area contributed by atoms with Crippen molar-refractivity contribution in [2.24, 2.45) is 5.92 Å². The smallest absolute Gasteiger partial charge is 0.237 e. The lowest BCUT2D eigenvalue weighted by Crippen LogP contribution is -2.57. The van der Waals surface area contributed by atoms with Gasteiger partial charge in [-0.25, -0.2) is 0 Å². The second-order valence-electron chi connectivity index (χ2n) is 7.95. The Morgan fingerprint density at radius 3 is 2.67 bits per heavy atom. The second-order valence-corrected chi connectivity index (χ2v) is 7.95. The molecular formula is C19H35N3O2. The van der Waals surface area contributed by atoms with Crippen LogP contribution in [0.3, 0.4) is 0 Å². The third-order valence-corrected chi connectivity index (χ3v) is 6.35. The molecule has 0 spiro atoms. The summed E-state index contributed by atoms with van der Waals surface area (Å²) in [4.78, 5) is 20.0. The lowest BCUT2D eigenvalue weighted by Gasteiger charge is -2.45. The molecule has 138 valence electrons. The van der Waals surface area contributed by atoms with Crippen molar-refractivity contribution in [3.63, 3.8) is 0 Å². The highest BCUT2D eigenvalue weighted by Crippen LogP contribution is 2.35. The first kappa shape index (κ1) is 18.2. The average molecular weight is 338 g/mol. The maximum atomic E-state index is 12.9. The number of piperidine rings is 1. The molecule has 2 saturated heterocycles. The van der Waals surface area contributed by atoms with Crippen LogP contribution in [0, 0.1) is 5.92 Å². The summed E-state index contributed by atoms with van der Waals surface area (Å²) < 4.78 is 5.20. The standard InChI is InChI=1S/C19H35N3O2/c1-16-14-20(10-11-21(16)12-13-24-2)15-19(23)22-9-5-7-17-6-3-4-8-18(17)22/h16-18H,3-15H2,1-2H3/t16-,17-,18-/m0/s1. The maximum absolute atomic E-state index is 12.9. The monoisotopic (exact) mass is 337 g/mol. The third kappa shape index (κ3) is 4.30. The number of piperazine rings is 1. The molecule has 3 rings (SSSR count). The summed E-state index contributed by atoms with van der Waals surface area (Å²) in [7, 11) is 1.76. The van der Waals surface area contributed by atoms with Crippen LogP contribution in [0.15, 0.2) is 0 Å². The Morgan fingerprint density at radius 1 is 1.08 bits per heavy atom. The summed E-state index contributed by atoms with van der Waals surface area (Å²) in [5, 5.41) is 0. The van der Waals surface area contributed by atoms with Crippen LogP contribution in [0.5, 0.6) is 0 Å². The van der Waals surface area contributed by atoms with Crippen molar-refractivity contribution in [2.75, 3.05) is 53.0 Å². The summed E-state index contributed by atoms with van der Waals surface area (Å²) in [5.74, 6) is 1.16. The van der Waals surface area contributed by atoms with E-state index in [-0.39, 0.29) is 0 Å². The van der Waals surface area contributed by atoms with Crippen molar-refractivity contribution in [3.05, 3.63) is 0 Å². The number of hydrogen-bond donors (Lipinski definition) is 0. The number of ether oxygens (including phenoxy) is 1. The Labute approximate surface area is 147 Å². The largest absolute Gasteiger partial charge is 0.383 e. The zero-order chi connectivity index (χ0) is 16.9. The average Bonchev–Trinajstić information content (AvgIpc) is 2.60. The molecule has 3 fully saturated rings. The Bertz CT molecular complexity index is 415. The molecule has 1 aliphatic carbocycles. The lowest BCUT2D eigenvalue weighted by molar-refractivity contribution is -0.139. The van der Waals surface area contributed by atoms with Crippen LogP contribution in [0.25, 0.3) is 0 Å². The fourth-order valence-corrected chi connectivity index (χ4v) is 4.97. The molecule has 0 aromatic heterocycles. The highest BCUT2D eigenvalue weighted by molar-refractivity contribution is 5.78. The van der Waals surface area contributed by atoms with Crippen LogP contribution in [-0.2, 0) is 9.53 Å². The van der Waals surface area contributed by atoms with E-state index in [1.807, 2.05) is 0 Å². The molecule has 0 aromatic rings. The number of nitrogens with zero attached hydrogens (tertiary/aromatic N) is 3. The molecule has 1 saturated carbocycles. The van der Waals surface area contributed by atoms with Crippen molar-refractivity contribution < 1.29 is 9.53 Å². The number of carbonyl (C=O) groups is 1. The van der Waals surface area contributed by atoms with Crippen molar-refractivity contribution in [1.29, 1.82) is 0 Å². The van der Waals surface area contributed by atoms with E-state index in [4.69, 9.17) is 4.74 Å². The molecule has 3 aliphatic rings. The topological polar surface area (TPSA) is 36.0 Å². The van der Waals surface area contributed by atoms with Crippen molar-refractivity contribution in [3.8, 4) is 0 Å². The molecule has 0 unspecified atom stereocenters. The number of carbonyl (C=O) groups excluding carboxylic acids is 1. The second kappa shape index (κ2) is 8.63. The summed E-state index contributed by atoms with van der Waals surface area (Å²) in [6, 6.07) is 1.05. The maximum Gasteiger partial charge on any atom is 0.237 e. The SMILES string of the molecule is COCCN1CCN(CC(=O)N2CCC[C@@H]3CCCC[C@@H]32)C[C@@H]1C. The molecule has 3 atom stereocenters. The number of amides is 1. The predicted octanol–water partition coefficient (Wildman–Crippen LogP) is 1.82. The van der Waals surface area contributed by atoms with Crippen LogP contribution in [0.1, 0.15) is 45.4 Å². The van der Waals surface area contributed by atoms with Gasteiger partial charge in [0.25, 0.3) is 0 Å². The molecule has 2 heterocycles. The minimum Gasteiger partial charge on any atom is -0.383 e. The Hall–Kier alpha value is -0.650. The summed E-state index contributed by atoms with van der Waals surface area (Å²) >= 11 is 0. The Kier molecular flexibility index (Phi) is 6.53. The van der Waals surface area contributed by atoms with E-state index in [1.165, 1.54) is 38.5 Å². The van der Waals surface area contributed by atoms with Crippen LogP contribution in [0.4, 0.5) is 0 Å². The summed E-state index contributed by atoms with van der Waals surface area (Å²) in [5.41, 5.74) is 0. The quantitative estimate of drug-likeness (QED) is 0.767. The third-order valence-electron chi connectivity index (χ3n) is 6.35. The van der Waals surface area contributed by atoms with Crippen LogP contribution >= 0.6 is 0 Å². The first-order valence-electron chi connectivity index (χ1n) is 9.94. The van der Waals surface area contributed by atoms with Gasteiger partial charge in [-0.05, 0) is 38.5 Å². The fraction of sp³-hybridized carbons (Fsp3) is 0.947. The molecule has 5 nitrogen and oxygen atoms in total. The van der Waals surface area contributed by atoms with Crippen molar-refractivity contribution in [2.45, 2.75) is 57.5 Å². The molecule has 2 aliphatic heterocycles. The van der Waals surface area contributed by atoms with E-state index in [0.717, 1.165) is 45.2 Å². The fourth-order valence-electron chi connectivity index (χ4n) is 4.97. The zero-order valence-electron chi connectivity index (χ0n) is 15.6. The zero-order valence-corrected chi connectivity index (χ0v) is 15.6. The molecular weight excluding hydrogens is 302 g/mol. The Morgan fingerprint density at radius 2 is 1.88 bits per heavy atom. The van der Waals surface area contributed by atoms with Gasteiger partial charge in [-0.15, -0.1) is 0 Å². The van der Waals surface area contributed by atoms with E-state index in [1.54, 1.807) is 7.11 Å². The highest BCUT2D eigenvalue weighted by atomic mass is 16.5. The number of rotatable bonds is 5. The minimum atomic E-state index is 0.379. The van der Waals surface area contributed by atoms with Crippen molar-refractivity contribution in [1.82, 2.24) is 14.7 Å². The van der Waals surface area contributed by atoms with E-state index in [9.17, 15) is 4.79 Å². The number of fused-ring (bicyclic) bond motifs is 1. The van der Waals surface area contributed by atoms with Crippen LogP contribution < -0.4 is 0 Å². The summed E-state index contributed by atoms with van der Waals surface area (Å²) in [6.07, 6.45) is 7.78.